The number of carbonyl (C=O) groups excluding carboxylic acids is 1. The minimum Gasteiger partial charge on any atom is -0.464 e. The van der Waals surface area contributed by atoms with E-state index in [0.717, 1.165) is 5.57 Å². The van der Waals surface area contributed by atoms with Crippen LogP contribution in [-0.2, 0) is 14.8 Å². The second kappa shape index (κ2) is 5.37. The summed E-state index contributed by atoms with van der Waals surface area (Å²) in [6.07, 6.45) is 0.711. The Kier molecular flexibility index (Phi) is 3.96. The molecule has 0 spiro atoms. The Morgan fingerprint density at radius 2 is 2.10 bits per heavy atom. The van der Waals surface area contributed by atoms with Crippen molar-refractivity contribution in [2.24, 2.45) is 0 Å². The summed E-state index contributed by atoms with van der Waals surface area (Å²) >= 11 is 0. The van der Waals surface area contributed by atoms with Crippen LogP contribution in [0.3, 0.4) is 0 Å². The largest absolute Gasteiger partial charge is 0.464 e. The zero-order chi connectivity index (χ0) is 14.9. The Balaban J connectivity index is 2.27. The highest BCUT2D eigenvalue weighted by atomic mass is 32.2. The van der Waals surface area contributed by atoms with E-state index in [-0.39, 0.29) is 10.7 Å². The Morgan fingerprint density at radius 1 is 1.40 bits per heavy atom. The Labute approximate surface area is 117 Å². The molecule has 1 aromatic heterocycles. The van der Waals surface area contributed by atoms with E-state index < -0.39 is 16.0 Å². The Hall–Kier alpha value is -1.67. The lowest BCUT2D eigenvalue weighted by Crippen LogP contribution is -2.36. The summed E-state index contributed by atoms with van der Waals surface area (Å²) < 4.78 is 30.8. The second-order valence-corrected chi connectivity index (χ2v) is 6.66. The maximum atomic E-state index is 12.4. The number of H-pyrrole nitrogens is 1. The predicted octanol–water partition coefficient (Wildman–Crippen LogP) is 0.927. The number of methoxy groups -OCH3 is 1. The van der Waals surface area contributed by atoms with Crippen LogP contribution in [-0.4, -0.2) is 49.1 Å². The van der Waals surface area contributed by atoms with Crippen molar-refractivity contribution in [3.05, 3.63) is 22.9 Å². The van der Waals surface area contributed by atoms with Crippen LogP contribution in [0, 0.1) is 0 Å². The number of esters is 1. The molecule has 1 aromatic rings. The Bertz CT molecular complexity index is 660. The summed E-state index contributed by atoms with van der Waals surface area (Å²) in [4.78, 5) is 11.3. The minimum absolute atomic E-state index is 0.0495. The molecule has 0 fully saturated rings. The van der Waals surface area contributed by atoms with E-state index >= 15 is 0 Å². The summed E-state index contributed by atoms with van der Waals surface area (Å²) in [6, 6.07) is 1.20. The number of ether oxygens (including phenoxy) is 1. The van der Waals surface area contributed by atoms with Gasteiger partial charge in [-0.05, 0) is 20.3 Å². The zero-order valence-electron chi connectivity index (χ0n) is 11.6. The van der Waals surface area contributed by atoms with E-state index in [4.69, 9.17) is 0 Å². The summed E-state index contributed by atoms with van der Waals surface area (Å²) in [5.74, 6) is -0.673. The fourth-order valence-corrected chi connectivity index (χ4v) is 3.37. The van der Waals surface area contributed by atoms with Gasteiger partial charge in [0.05, 0.1) is 7.11 Å². The van der Waals surface area contributed by atoms with E-state index in [9.17, 15) is 13.2 Å². The van der Waals surface area contributed by atoms with Gasteiger partial charge in [-0.3, -0.25) is 5.10 Å². The Morgan fingerprint density at radius 3 is 2.70 bits per heavy atom. The maximum absolute atomic E-state index is 12.4. The molecule has 0 unspecified atom stereocenters. The van der Waals surface area contributed by atoms with Gasteiger partial charge in [0.2, 0.25) is 0 Å². The smallest absolute Gasteiger partial charge is 0.358 e. The van der Waals surface area contributed by atoms with Crippen molar-refractivity contribution in [2.75, 3.05) is 20.2 Å². The molecule has 0 aromatic carbocycles. The van der Waals surface area contributed by atoms with Crippen LogP contribution < -0.4 is 0 Å². The third kappa shape index (κ3) is 2.61. The van der Waals surface area contributed by atoms with Crippen molar-refractivity contribution in [3.8, 4) is 0 Å². The van der Waals surface area contributed by atoms with Gasteiger partial charge in [-0.2, -0.15) is 9.40 Å². The van der Waals surface area contributed by atoms with Crippen LogP contribution in [0.2, 0.25) is 0 Å². The van der Waals surface area contributed by atoms with Crippen molar-refractivity contribution in [3.63, 3.8) is 0 Å². The maximum Gasteiger partial charge on any atom is 0.358 e. The van der Waals surface area contributed by atoms with Gasteiger partial charge in [0, 0.05) is 19.2 Å². The molecule has 1 aliphatic rings. The lowest BCUT2D eigenvalue weighted by atomic mass is 10.1. The third-order valence-corrected chi connectivity index (χ3v) is 5.20. The number of nitrogens with zero attached hydrogens (tertiary/aromatic N) is 2. The molecule has 20 heavy (non-hydrogen) atoms. The number of rotatable bonds is 3. The van der Waals surface area contributed by atoms with Crippen LogP contribution >= 0.6 is 0 Å². The first-order valence-electron chi connectivity index (χ1n) is 6.15. The highest BCUT2D eigenvalue weighted by molar-refractivity contribution is 7.89. The standard InChI is InChI=1S/C12H17N3O4S/c1-8-4-5-15(7-9(8)2)20(17,18)11-6-10(13-14-11)12(16)19-3/h6H,4-5,7H2,1-3H3,(H,13,14). The lowest BCUT2D eigenvalue weighted by Gasteiger charge is -2.27. The highest BCUT2D eigenvalue weighted by Gasteiger charge is 2.29. The van der Waals surface area contributed by atoms with Crippen molar-refractivity contribution in [1.82, 2.24) is 14.5 Å². The van der Waals surface area contributed by atoms with Gasteiger partial charge in [-0.15, -0.1) is 0 Å². The summed E-state index contributed by atoms with van der Waals surface area (Å²) in [7, 11) is -2.45. The van der Waals surface area contributed by atoms with E-state index in [1.165, 1.54) is 23.1 Å². The number of sulfonamides is 1. The van der Waals surface area contributed by atoms with Crippen molar-refractivity contribution in [1.29, 1.82) is 0 Å². The van der Waals surface area contributed by atoms with E-state index in [0.29, 0.717) is 19.5 Å². The molecule has 0 aliphatic carbocycles. The molecule has 7 nitrogen and oxygen atoms in total. The van der Waals surface area contributed by atoms with Crippen molar-refractivity contribution >= 4 is 16.0 Å². The van der Waals surface area contributed by atoms with Gasteiger partial charge in [0.15, 0.2) is 10.7 Å². The van der Waals surface area contributed by atoms with Crippen molar-refractivity contribution in [2.45, 2.75) is 25.3 Å². The van der Waals surface area contributed by atoms with E-state index in [1.807, 2.05) is 13.8 Å². The molecule has 0 atom stereocenters. The number of nitrogens with one attached hydrogen (secondary N) is 1. The highest BCUT2D eigenvalue weighted by Crippen LogP contribution is 2.23. The molecule has 1 aliphatic heterocycles. The second-order valence-electron chi connectivity index (χ2n) is 4.76. The number of aromatic nitrogens is 2. The fourth-order valence-electron chi connectivity index (χ4n) is 1.97. The molecule has 0 radical (unpaired) electrons. The topological polar surface area (TPSA) is 92.4 Å². The predicted molar refractivity (Wildman–Crippen MR) is 71.7 cm³/mol. The van der Waals surface area contributed by atoms with Gasteiger partial charge in [-0.25, -0.2) is 13.2 Å². The molecule has 2 rings (SSSR count). The number of aromatic amines is 1. The first-order chi connectivity index (χ1) is 9.36. The quantitative estimate of drug-likeness (QED) is 0.662. The van der Waals surface area contributed by atoms with Crippen LogP contribution in [0.1, 0.15) is 30.8 Å². The monoisotopic (exact) mass is 299 g/mol. The molecule has 0 amide bonds. The first kappa shape index (κ1) is 14.7. The molecule has 2 heterocycles. The molecule has 0 saturated heterocycles. The van der Waals surface area contributed by atoms with E-state index in [1.54, 1.807) is 0 Å². The third-order valence-electron chi connectivity index (χ3n) is 3.44. The van der Waals surface area contributed by atoms with Gasteiger partial charge in [-0.1, -0.05) is 11.1 Å². The first-order valence-corrected chi connectivity index (χ1v) is 7.59. The van der Waals surface area contributed by atoms with Gasteiger partial charge < -0.3 is 4.74 Å². The summed E-state index contributed by atoms with van der Waals surface area (Å²) in [5.41, 5.74) is 2.22. The molecular weight excluding hydrogens is 282 g/mol. The van der Waals surface area contributed by atoms with Crippen molar-refractivity contribution < 1.29 is 17.9 Å². The minimum atomic E-state index is -3.67. The molecule has 0 bridgehead atoms. The average molecular weight is 299 g/mol. The number of hydrogen-bond acceptors (Lipinski definition) is 5. The summed E-state index contributed by atoms with van der Waals surface area (Å²) in [5, 5.41) is 5.96. The fraction of sp³-hybridized carbons (Fsp3) is 0.500. The average Bonchev–Trinajstić information content (AvgIpc) is 2.91. The van der Waals surface area contributed by atoms with Crippen LogP contribution in [0.15, 0.2) is 22.2 Å². The molecular formula is C12H17N3O4S. The molecule has 0 saturated carbocycles. The molecule has 8 heteroatoms. The summed E-state index contributed by atoms with van der Waals surface area (Å²) in [6.45, 7) is 4.72. The zero-order valence-corrected chi connectivity index (χ0v) is 12.5. The van der Waals surface area contributed by atoms with E-state index in [2.05, 4.69) is 14.9 Å². The number of carbonyl (C=O) groups is 1. The number of hydrogen-bond donors (Lipinski definition) is 1. The van der Waals surface area contributed by atoms with Gasteiger partial charge >= 0.3 is 5.97 Å². The molecule has 1 N–H and O–H groups in total. The van der Waals surface area contributed by atoms with Gasteiger partial charge in [0.1, 0.15) is 0 Å². The van der Waals surface area contributed by atoms with Gasteiger partial charge in [0.25, 0.3) is 10.0 Å². The lowest BCUT2D eigenvalue weighted by molar-refractivity contribution is 0.0594. The van der Waals surface area contributed by atoms with Crippen LogP contribution in [0.25, 0.3) is 0 Å². The normalized spacial score (nSPS) is 17.4. The SMILES string of the molecule is COC(=O)c1cc(S(=O)(=O)N2CCC(C)=C(C)C2)[nH]n1. The molecule has 110 valence electrons. The van der Waals surface area contributed by atoms with Crippen LogP contribution in [0.5, 0.6) is 0 Å². The van der Waals surface area contributed by atoms with Crippen LogP contribution in [0.4, 0.5) is 0 Å².